The van der Waals surface area contributed by atoms with Crippen LogP contribution in [-0.2, 0) is 21.4 Å². The van der Waals surface area contributed by atoms with Gasteiger partial charge in [-0.3, -0.25) is 9.59 Å². The second-order valence-corrected chi connectivity index (χ2v) is 17.3. The van der Waals surface area contributed by atoms with Crippen molar-refractivity contribution in [3.05, 3.63) is 64.5 Å². The molecule has 5 heterocycles. The number of nitrogens with one attached hydrogen (secondary N) is 1. The average Bonchev–Trinajstić information content (AvgIpc) is 3.52. The minimum Gasteiger partial charge on any atom is -0.497 e. The van der Waals surface area contributed by atoms with E-state index >= 15 is 4.79 Å². The van der Waals surface area contributed by atoms with E-state index in [2.05, 4.69) is 43.4 Å². The van der Waals surface area contributed by atoms with Crippen LogP contribution in [0.2, 0.25) is 0 Å². The van der Waals surface area contributed by atoms with Crippen molar-refractivity contribution in [1.82, 2.24) is 24.2 Å². The molecule has 2 aliphatic carbocycles. The topological polar surface area (TPSA) is 127 Å². The fraction of sp³-hybridized carbons (Fsp3) is 0.513. The average molecular weight is 712 g/mol. The second-order valence-electron chi connectivity index (χ2n) is 15.7. The van der Waals surface area contributed by atoms with Crippen LogP contribution in [0.3, 0.4) is 0 Å². The van der Waals surface area contributed by atoms with Crippen molar-refractivity contribution in [1.29, 1.82) is 0 Å². The number of amides is 2. The molecule has 2 amide bonds. The number of nitrogens with zero attached hydrogens (tertiary/aromatic N) is 4. The number of benzene rings is 2. The number of carbonyl (C=O) groups is 2. The number of aromatic nitrogens is 2. The van der Waals surface area contributed by atoms with E-state index in [1.165, 1.54) is 25.8 Å². The van der Waals surface area contributed by atoms with E-state index < -0.39 is 21.3 Å². The highest BCUT2D eigenvalue weighted by Gasteiger charge is 2.65. The smallest absolute Gasteiger partial charge is 0.269 e. The molecule has 2 bridgehead atoms. The Balaban J connectivity index is 1.21. The van der Waals surface area contributed by atoms with Gasteiger partial charge in [0.2, 0.25) is 5.91 Å². The molecule has 2 aromatic heterocycles. The lowest BCUT2D eigenvalue weighted by molar-refractivity contribution is -0.143. The van der Waals surface area contributed by atoms with E-state index in [9.17, 15) is 13.2 Å². The van der Waals surface area contributed by atoms with Crippen LogP contribution in [0.1, 0.15) is 96.1 Å². The molecule has 2 saturated heterocycles. The van der Waals surface area contributed by atoms with Gasteiger partial charge in [-0.05, 0) is 100 Å². The third-order valence-electron chi connectivity index (χ3n) is 12.6. The molecule has 4 aromatic rings. The van der Waals surface area contributed by atoms with E-state index in [4.69, 9.17) is 9.26 Å². The van der Waals surface area contributed by atoms with Crippen LogP contribution in [0.5, 0.6) is 5.75 Å². The summed E-state index contributed by atoms with van der Waals surface area (Å²) >= 11 is 0. The number of sulfonamides is 1. The maximum absolute atomic E-state index is 15.1. The summed E-state index contributed by atoms with van der Waals surface area (Å²) in [5, 5.41) is 4.83. The molecule has 51 heavy (non-hydrogen) atoms. The number of likely N-dealkylation sites (tertiary alicyclic amines) is 1. The van der Waals surface area contributed by atoms with Crippen molar-refractivity contribution >= 4 is 32.7 Å². The Morgan fingerprint density at radius 3 is 2.43 bits per heavy atom. The molecule has 0 radical (unpaired) electrons. The lowest BCUT2D eigenvalue weighted by atomic mass is 9.81. The highest BCUT2D eigenvalue weighted by atomic mass is 32.2. The monoisotopic (exact) mass is 711 g/mol. The van der Waals surface area contributed by atoms with E-state index in [-0.39, 0.29) is 45.8 Å². The number of carbonyl (C=O) groups excluding carboxylic acids is 2. The molecule has 2 saturated carbocycles. The predicted octanol–water partition coefficient (Wildman–Crippen LogP) is 5.88. The Morgan fingerprint density at radius 1 is 1.00 bits per heavy atom. The fourth-order valence-electron chi connectivity index (χ4n) is 10.2. The number of aryl methyl sites for hydroxylation is 2. The predicted molar refractivity (Wildman–Crippen MR) is 191 cm³/mol. The largest absolute Gasteiger partial charge is 0.497 e. The van der Waals surface area contributed by atoms with Crippen molar-refractivity contribution in [2.24, 2.45) is 5.41 Å². The minimum absolute atomic E-state index is 0.0509. The number of rotatable bonds is 6. The molecule has 2 aromatic carbocycles. The number of methoxy groups -OCH3 is 1. The van der Waals surface area contributed by atoms with E-state index in [1.54, 1.807) is 13.2 Å². The van der Waals surface area contributed by atoms with Gasteiger partial charge in [0.1, 0.15) is 11.4 Å². The molecule has 1 N–H and O–H groups in total. The van der Waals surface area contributed by atoms with Crippen LogP contribution in [0.15, 0.2) is 45.8 Å². The molecule has 4 atom stereocenters. The van der Waals surface area contributed by atoms with Gasteiger partial charge in [0.15, 0.2) is 10.7 Å². The van der Waals surface area contributed by atoms with Crippen molar-refractivity contribution in [2.75, 3.05) is 27.2 Å². The highest BCUT2D eigenvalue weighted by Crippen LogP contribution is 2.66. The first-order chi connectivity index (χ1) is 24.5. The zero-order chi connectivity index (χ0) is 35.4. The van der Waals surface area contributed by atoms with Crippen molar-refractivity contribution < 1.29 is 27.3 Å². The second kappa shape index (κ2) is 11.7. The Hall–Kier alpha value is -4.16. The van der Waals surface area contributed by atoms with Gasteiger partial charge in [-0.15, -0.1) is 0 Å². The number of ether oxygens (including phenoxy) is 1. The van der Waals surface area contributed by atoms with Gasteiger partial charge in [0.25, 0.3) is 15.9 Å². The van der Waals surface area contributed by atoms with Gasteiger partial charge < -0.3 is 23.6 Å². The summed E-state index contributed by atoms with van der Waals surface area (Å²) < 4.78 is 42.1. The number of fused-ring (bicyclic) bond motifs is 9. The summed E-state index contributed by atoms with van der Waals surface area (Å²) in [6.45, 7) is 5.34. The Kier molecular flexibility index (Phi) is 7.49. The molecule has 268 valence electrons. The molecule has 11 nitrogen and oxygen atoms in total. The third kappa shape index (κ3) is 4.99. The fourth-order valence-corrected chi connectivity index (χ4v) is 11.5. The summed E-state index contributed by atoms with van der Waals surface area (Å²) in [6.07, 6.45) is 8.50. The van der Waals surface area contributed by atoms with Gasteiger partial charge in [-0.1, -0.05) is 30.5 Å². The maximum atomic E-state index is 15.1. The molecule has 12 heteroatoms. The molecular weight excluding hydrogens is 667 g/mol. The summed E-state index contributed by atoms with van der Waals surface area (Å²) in [4.78, 5) is 33.3. The Morgan fingerprint density at radius 2 is 1.75 bits per heavy atom. The molecule has 3 aliphatic heterocycles. The zero-order valence-corrected chi connectivity index (χ0v) is 30.5. The molecule has 4 unspecified atom stereocenters. The van der Waals surface area contributed by atoms with Gasteiger partial charge in [-0.2, -0.15) is 0 Å². The molecule has 5 aliphatic rings. The van der Waals surface area contributed by atoms with Crippen LogP contribution in [0, 0.1) is 19.3 Å². The first-order valence-electron chi connectivity index (χ1n) is 18.4. The summed E-state index contributed by atoms with van der Waals surface area (Å²) in [5.41, 5.74) is 5.34. The quantitative estimate of drug-likeness (QED) is 0.263. The number of hydrogen-bond acceptors (Lipinski definition) is 8. The normalized spacial score (nSPS) is 26.0. The van der Waals surface area contributed by atoms with Gasteiger partial charge >= 0.3 is 0 Å². The standard InChI is InChI=1S/C39H45N5O6S/c1-22-36(23(2)50-40-22)51(47,48)41-37(45)25-10-14-30-33(16-25)43-21-39(38(46)44-26-11-12-27(44)20-42(3)19-26)18-32(39)31-17-28(49-4)13-15-29(31)35(43)34(30)24-8-6-5-7-9-24/h10,13-17,24,26-27,32H,5-9,11-12,18-21H2,1-4H3,(H,41,45). The van der Waals surface area contributed by atoms with Crippen LogP contribution in [0.25, 0.3) is 22.2 Å². The van der Waals surface area contributed by atoms with Crippen LogP contribution in [0.4, 0.5) is 0 Å². The number of likely N-dealkylation sites (N-methyl/N-ethyl adjacent to an activating group) is 1. The van der Waals surface area contributed by atoms with Gasteiger partial charge in [0.05, 0.1) is 18.2 Å². The molecule has 9 rings (SSSR count). The molecule has 0 spiro atoms. The molecular formula is C39H45N5O6S. The van der Waals surface area contributed by atoms with E-state index in [0.717, 1.165) is 91.5 Å². The van der Waals surface area contributed by atoms with E-state index in [0.29, 0.717) is 12.5 Å². The lowest BCUT2D eigenvalue weighted by Crippen LogP contribution is -2.57. The number of piperazine rings is 1. The lowest BCUT2D eigenvalue weighted by Gasteiger charge is -2.41. The van der Waals surface area contributed by atoms with Crippen LogP contribution in [-0.4, -0.2) is 79.1 Å². The Labute approximate surface area is 298 Å². The number of hydrogen-bond donors (Lipinski definition) is 1. The zero-order valence-electron chi connectivity index (χ0n) is 29.7. The minimum atomic E-state index is -4.23. The van der Waals surface area contributed by atoms with E-state index in [1.807, 2.05) is 18.2 Å². The van der Waals surface area contributed by atoms with Crippen molar-refractivity contribution in [3.63, 3.8) is 0 Å². The summed E-state index contributed by atoms with van der Waals surface area (Å²) in [5.74, 6) is 0.806. The first kappa shape index (κ1) is 32.7. The van der Waals surface area contributed by atoms with Crippen molar-refractivity contribution in [3.8, 4) is 17.0 Å². The first-order valence-corrected chi connectivity index (χ1v) is 19.8. The molecule has 4 fully saturated rings. The summed E-state index contributed by atoms with van der Waals surface area (Å²) in [6, 6.07) is 12.3. The van der Waals surface area contributed by atoms with Gasteiger partial charge in [0, 0.05) is 59.7 Å². The third-order valence-corrected chi connectivity index (χ3v) is 14.1. The van der Waals surface area contributed by atoms with Crippen molar-refractivity contribution in [2.45, 2.75) is 101 Å². The SMILES string of the molecule is COc1ccc2c(c1)C1CC1(C(=O)N1C3CCC1CN(C)C3)Cn1c-2c(C2CCCCC2)c2ccc(C(=O)NS(=O)(=O)c3c(C)noc3C)cc21. The van der Waals surface area contributed by atoms with Crippen LogP contribution >= 0.6 is 0 Å². The van der Waals surface area contributed by atoms with Gasteiger partial charge in [-0.25, -0.2) is 13.1 Å². The summed E-state index contributed by atoms with van der Waals surface area (Å²) in [7, 11) is -0.393. The van der Waals surface area contributed by atoms with Crippen LogP contribution < -0.4 is 9.46 Å². The maximum Gasteiger partial charge on any atom is 0.269 e. The Bertz CT molecular complexity index is 2180. The highest BCUT2D eigenvalue weighted by molar-refractivity contribution is 7.90.